The number of benzene rings is 1. The molecule has 4 nitrogen and oxygen atoms in total. The highest BCUT2D eigenvalue weighted by molar-refractivity contribution is 7.80. The van der Waals surface area contributed by atoms with Gasteiger partial charge in [0.1, 0.15) is 0 Å². The van der Waals surface area contributed by atoms with E-state index >= 15 is 0 Å². The normalized spacial score (nSPS) is 18.5. The van der Waals surface area contributed by atoms with Crippen LogP contribution in [0.5, 0.6) is 0 Å². The van der Waals surface area contributed by atoms with E-state index < -0.39 is 0 Å². The van der Waals surface area contributed by atoms with Crippen LogP contribution in [0.25, 0.3) is 5.69 Å². The van der Waals surface area contributed by atoms with Gasteiger partial charge in [0, 0.05) is 29.8 Å². The Morgan fingerprint density at radius 1 is 1.06 bits per heavy atom. The molecule has 3 heterocycles. The Morgan fingerprint density at radius 2 is 1.84 bits per heavy atom. The van der Waals surface area contributed by atoms with Gasteiger partial charge in [-0.1, -0.05) is 38.5 Å². The Balaban J connectivity index is 1.79. The molecule has 2 aromatic heterocycles. The third-order valence-corrected chi connectivity index (χ3v) is 6.69. The average Bonchev–Trinajstić information content (AvgIpc) is 3.27. The number of aromatic nitrogens is 2. The lowest BCUT2D eigenvalue weighted by atomic mass is 9.96. The molecule has 1 aliphatic heterocycles. The van der Waals surface area contributed by atoms with Gasteiger partial charge in [0.15, 0.2) is 5.11 Å². The lowest BCUT2D eigenvalue weighted by molar-refractivity contribution is 0.312. The Kier molecular flexibility index (Phi) is 6.42. The molecule has 1 aliphatic rings. The van der Waals surface area contributed by atoms with Gasteiger partial charge < -0.3 is 14.8 Å². The van der Waals surface area contributed by atoms with Crippen LogP contribution in [-0.2, 0) is 6.42 Å². The molecule has 0 saturated carbocycles. The first-order valence-corrected chi connectivity index (χ1v) is 11.7. The summed E-state index contributed by atoms with van der Waals surface area (Å²) >= 11 is 5.79. The monoisotopic (exact) mass is 432 g/mol. The summed E-state index contributed by atoms with van der Waals surface area (Å²) < 4.78 is 2.36. The number of hydrogen-bond acceptors (Lipinski definition) is 2. The number of pyridine rings is 1. The molecule has 5 heteroatoms. The lowest BCUT2D eigenvalue weighted by Crippen LogP contribution is -2.30. The standard InChI is InChI=1S/C26H32N4S/c1-5-7-16-29-25(24(28-26(29)31)23-10-8-9-15-27-23)22-17-18(3)30(19(22)4)21-13-11-20(6-2)12-14-21/h8-15,17,24-25H,5-7,16H2,1-4H3,(H,28,31). The summed E-state index contributed by atoms with van der Waals surface area (Å²) in [5.74, 6) is 0. The van der Waals surface area contributed by atoms with E-state index in [4.69, 9.17) is 12.2 Å². The average molecular weight is 433 g/mol. The Morgan fingerprint density at radius 3 is 2.48 bits per heavy atom. The van der Waals surface area contributed by atoms with Crippen molar-refractivity contribution >= 4 is 17.3 Å². The van der Waals surface area contributed by atoms with Crippen molar-refractivity contribution in [2.75, 3.05) is 6.54 Å². The van der Waals surface area contributed by atoms with Crippen LogP contribution < -0.4 is 5.32 Å². The molecule has 0 spiro atoms. The molecule has 162 valence electrons. The van der Waals surface area contributed by atoms with Gasteiger partial charge in [0.05, 0.1) is 17.8 Å². The molecule has 1 aromatic carbocycles. The SMILES string of the molecule is CCCCN1C(=S)NC(c2ccccn2)C1c1cc(C)n(-c2ccc(CC)cc2)c1C. The summed E-state index contributed by atoms with van der Waals surface area (Å²) in [6.45, 7) is 9.79. The molecule has 4 rings (SSSR count). The summed E-state index contributed by atoms with van der Waals surface area (Å²) in [6.07, 6.45) is 5.18. The maximum absolute atomic E-state index is 5.79. The van der Waals surface area contributed by atoms with Crippen LogP contribution in [0.4, 0.5) is 0 Å². The highest BCUT2D eigenvalue weighted by atomic mass is 32.1. The molecule has 0 amide bonds. The molecule has 1 saturated heterocycles. The minimum atomic E-state index is 0.0435. The lowest BCUT2D eigenvalue weighted by Gasteiger charge is -2.28. The molecular weight excluding hydrogens is 400 g/mol. The van der Waals surface area contributed by atoms with E-state index in [0.29, 0.717) is 0 Å². The topological polar surface area (TPSA) is 33.1 Å². The summed E-state index contributed by atoms with van der Waals surface area (Å²) in [5, 5.41) is 4.40. The molecular formula is C26H32N4S. The molecule has 0 aliphatic carbocycles. The molecule has 2 atom stereocenters. The number of aryl methyl sites for hydroxylation is 2. The smallest absolute Gasteiger partial charge is 0.170 e. The first kappa shape index (κ1) is 21.6. The van der Waals surface area contributed by atoms with E-state index in [-0.39, 0.29) is 12.1 Å². The molecule has 31 heavy (non-hydrogen) atoms. The molecule has 0 bridgehead atoms. The number of nitrogens with one attached hydrogen (secondary N) is 1. The van der Waals surface area contributed by atoms with Crippen LogP contribution in [0, 0.1) is 13.8 Å². The largest absolute Gasteiger partial charge is 0.352 e. The van der Waals surface area contributed by atoms with E-state index in [1.807, 2.05) is 12.3 Å². The van der Waals surface area contributed by atoms with Crippen molar-refractivity contribution < 1.29 is 0 Å². The van der Waals surface area contributed by atoms with Gasteiger partial charge >= 0.3 is 0 Å². The van der Waals surface area contributed by atoms with E-state index in [1.165, 1.54) is 28.2 Å². The van der Waals surface area contributed by atoms with Gasteiger partial charge in [-0.3, -0.25) is 4.98 Å². The second kappa shape index (κ2) is 9.23. The van der Waals surface area contributed by atoms with Gasteiger partial charge in [-0.15, -0.1) is 0 Å². The van der Waals surface area contributed by atoms with Crippen LogP contribution in [0.15, 0.2) is 54.7 Å². The third kappa shape index (κ3) is 4.11. The summed E-state index contributed by atoms with van der Waals surface area (Å²) in [7, 11) is 0. The molecule has 0 radical (unpaired) electrons. The van der Waals surface area contributed by atoms with Gasteiger partial charge in [0.25, 0.3) is 0 Å². The Labute approximate surface area is 191 Å². The van der Waals surface area contributed by atoms with Gasteiger partial charge in [-0.25, -0.2) is 0 Å². The number of thiocarbonyl (C=S) groups is 1. The summed E-state index contributed by atoms with van der Waals surface area (Å²) in [6, 6.07) is 17.5. The fraction of sp³-hybridized carbons (Fsp3) is 0.385. The number of nitrogens with zero attached hydrogens (tertiary/aromatic N) is 3. The van der Waals surface area contributed by atoms with Crippen molar-refractivity contribution in [3.8, 4) is 5.69 Å². The number of rotatable bonds is 7. The number of unbranched alkanes of at least 4 members (excludes halogenated alkanes) is 1. The highest BCUT2D eigenvalue weighted by Gasteiger charge is 2.41. The van der Waals surface area contributed by atoms with Gasteiger partial charge in [0.2, 0.25) is 0 Å². The van der Waals surface area contributed by atoms with E-state index in [0.717, 1.165) is 36.6 Å². The fourth-order valence-electron chi connectivity index (χ4n) is 4.68. The van der Waals surface area contributed by atoms with E-state index in [9.17, 15) is 0 Å². The predicted octanol–water partition coefficient (Wildman–Crippen LogP) is 5.82. The fourth-order valence-corrected chi connectivity index (χ4v) is 5.01. The Bertz CT molecular complexity index is 1040. The van der Waals surface area contributed by atoms with Gasteiger partial charge in [-0.2, -0.15) is 0 Å². The molecule has 1 fully saturated rings. The van der Waals surface area contributed by atoms with Gasteiger partial charge in [-0.05, 0) is 80.4 Å². The maximum atomic E-state index is 5.79. The molecule has 3 aromatic rings. The van der Waals surface area contributed by atoms with E-state index in [2.05, 4.69) is 89.9 Å². The minimum Gasteiger partial charge on any atom is -0.352 e. The van der Waals surface area contributed by atoms with Crippen molar-refractivity contribution in [2.24, 2.45) is 0 Å². The minimum absolute atomic E-state index is 0.0435. The summed E-state index contributed by atoms with van der Waals surface area (Å²) in [4.78, 5) is 7.03. The predicted molar refractivity (Wildman–Crippen MR) is 132 cm³/mol. The third-order valence-electron chi connectivity index (χ3n) is 6.34. The van der Waals surface area contributed by atoms with Crippen LogP contribution in [0.1, 0.15) is 67.0 Å². The first-order valence-electron chi connectivity index (χ1n) is 11.3. The first-order chi connectivity index (χ1) is 15.0. The summed E-state index contributed by atoms with van der Waals surface area (Å²) in [5.41, 5.74) is 7.42. The van der Waals surface area contributed by atoms with Crippen molar-refractivity contribution in [1.82, 2.24) is 19.8 Å². The molecule has 1 N–H and O–H groups in total. The van der Waals surface area contributed by atoms with Crippen molar-refractivity contribution in [1.29, 1.82) is 0 Å². The zero-order valence-corrected chi connectivity index (χ0v) is 19.7. The van der Waals surface area contributed by atoms with Crippen LogP contribution in [-0.4, -0.2) is 26.1 Å². The molecule has 2 unspecified atom stereocenters. The van der Waals surface area contributed by atoms with Crippen molar-refractivity contribution in [3.05, 3.63) is 82.9 Å². The quantitative estimate of drug-likeness (QED) is 0.477. The second-order valence-corrected chi connectivity index (χ2v) is 8.74. The van der Waals surface area contributed by atoms with Crippen LogP contribution >= 0.6 is 12.2 Å². The number of hydrogen-bond donors (Lipinski definition) is 1. The van der Waals surface area contributed by atoms with Crippen LogP contribution in [0.3, 0.4) is 0 Å². The van der Waals surface area contributed by atoms with E-state index in [1.54, 1.807) is 0 Å². The Hall–Kier alpha value is -2.66. The van der Waals surface area contributed by atoms with Crippen LogP contribution in [0.2, 0.25) is 0 Å². The highest BCUT2D eigenvalue weighted by Crippen LogP contribution is 2.41. The van der Waals surface area contributed by atoms with Crippen molar-refractivity contribution in [3.63, 3.8) is 0 Å². The zero-order chi connectivity index (χ0) is 22.0. The maximum Gasteiger partial charge on any atom is 0.170 e. The zero-order valence-electron chi connectivity index (χ0n) is 18.9. The van der Waals surface area contributed by atoms with Crippen molar-refractivity contribution in [2.45, 2.75) is 59.0 Å². The second-order valence-electron chi connectivity index (χ2n) is 8.36.